The fraction of sp³-hybridized carbons (Fsp3) is 0.308. The van der Waals surface area contributed by atoms with Crippen molar-refractivity contribution in [2.45, 2.75) is 50.5 Å². The van der Waals surface area contributed by atoms with E-state index in [0.29, 0.717) is 36.8 Å². The molecule has 0 amide bonds. The van der Waals surface area contributed by atoms with Gasteiger partial charge in [-0.05, 0) is 38.1 Å². The third-order valence-electron chi connectivity index (χ3n) is 6.15. The maximum atomic E-state index is 14.3. The quantitative estimate of drug-likeness (QED) is 0.154. The topological polar surface area (TPSA) is 131 Å². The molecule has 4 rings (SSSR count). The molecule has 4 aromatic rings. The molecule has 4 atom stereocenters. The monoisotopic (exact) mass is 608 g/mol. The maximum Gasteiger partial charge on any atom is 0.420 e. The Labute approximate surface area is 230 Å². The zero-order chi connectivity index (χ0) is 31.3. The standard InChI is InChI=1S/C26H20F8N2O6/c1-9(35)19(15-5-11(27)3-13-17(25(29,30)31)7-39-21(13)15)41-23(37)24(38)42-20(10(2)36)16-6-12(28)4-14-18(26(32,33)34)8-40-22(14)16/h3-10,19-20H,35-36H2,1-2H3. The van der Waals surface area contributed by atoms with E-state index in [0.717, 1.165) is 0 Å². The lowest BCUT2D eigenvalue weighted by Crippen LogP contribution is -2.35. The van der Waals surface area contributed by atoms with E-state index in [9.17, 15) is 44.7 Å². The molecule has 4 unspecified atom stereocenters. The van der Waals surface area contributed by atoms with Crippen molar-refractivity contribution in [2.24, 2.45) is 11.5 Å². The normalized spacial score (nSPS) is 15.4. The summed E-state index contributed by atoms with van der Waals surface area (Å²) >= 11 is 0. The molecular weight excluding hydrogens is 588 g/mol. The van der Waals surface area contributed by atoms with Gasteiger partial charge in [0.2, 0.25) is 0 Å². The number of ether oxygens (including phenoxy) is 2. The minimum atomic E-state index is -4.92. The molecule has 0 radical (unpaired) electrons. The SMILES string of the molecule is CC(N)C(OC(=O)C(=O)OC(c1cc(F)cc2c(C(F)(F)F)coc12)C(C)N)c1cc(F)cc2c(C(F)(F)F)coc12. The number of hydrogen-bond acceptors (Lipinski definition) is 8. The molecule has 16 heteroatoms. The number of esters is 2. The van der Waals surface area contributed by atoms with E-state index in [1.54, 1.807) is 0 Å². The largest absolute Gasteiger partial charge is 0.463 e. The second-order valence-corrected chi connectivity index (χ2v) is 9.41. The van der Waals surface area contributed by atoms with Crippen molar-refractivity contribution < 1.29 is 63.0 Å². The molecular formula is C26H20F8N2O6. The van der Waals surface area contributed by atoms with E-state index in [1.807, 2.05) is 0 Å². The summed E-state index contributed by atoms with van der Waals surface area (Å²) < 4.78 is 129. The molecule has 2 heterocycles. The molecule has 0 aliphatic rings. The third-order valence-corrected chi connectivity index (χ3v) is 6.15. The van der Waals surface area contributed by atoms with Crippen LogP contribution in [0, 0.1) is 11.6 Å². The molecule has 42 heavy (non-hydrogen) atoms. The Balaban J connectivity index is 1.66. The van der Waals surface area contributed by atoms with Crippen molar-refractivity contribution in [1.29, 1.82) is 0 Å². The van der Waals surface area contributed by atoms with Gasteiger partial charge in [-0.15, -0.1) is 0 Å². The summed E-state index contributed by atoms with van der Waals surface area (Å²) in [5.74, 6) is -5.91. The van der Waals surface area contributed by atoms with Crippen molar-refractivity contribution in [2.75, 3.05) is 0 Å². The highest BCUT2D eigenvalue weighted by molar-refractivity contribution is 6.29. The fourth-order valence-corrected chi connectivity index (χ4v) is 4.35. The van der Waals surface area contributed by atoms with Gasteiger partial charge in [0.15, 0.2) is 0 Å². The number of benzene rings is 2. The van der Waals surface area contributed by atoms with Gasteiger partial charge in [-0.1, -0.05) is 0 Å². The zero-order valence-electron chi connectivity index (χ0n) is 21.4. The lowest BCUT2D eigenvalue weighted by atomic mass is 10.00. The maximum absolute atomic E-state index is 14.3. The second-order valence-electron chi connectivity index (χ2n) is 9.41. The summed E-state index contributed by atoms with van der Waals surface area (Å²) in [5.41, 5.74) is 7.08. The minimum Gasteiger partial charge on any atom is -0.463 e. The minimum absolute atomic E-state index is 0.327. The predicted molar refractivity (Wildman–Crippen MR) is 127 cm³/mol. The van der Waals surface area contributed by atoms with Gasteiger partial charge >= 0.3 is 24.3 Å². The number of hydrogen-bond donors (Lipinski definition) is 2. The van der Waals surface area contributed by atoms with Crippen LogP contribution in [0.15, 0.2) is 45.6 Å². The van der Waals surface area contributed by atoms with Crippen LogP contribution in [0.2, 0.25) is 0 Å². The first kappa shape index (κ1) is 30.8. The first-order valence-corrected chi connectivity index (χ1v) is 11.9. The van der Waals surface area contributed by atoms with E-state index >= 15 is 0 Å². The number of carbonyl (C=O) groups excluding carboxylic acids is 2. The van der Waals surface area contributed by atoms with Crippen molar-refractivity contribution in [1.82, 2.24) is 0 Å². The van der Waals surface area contributed by atoms with Crippen LogP contribution in [-0.2, 0) is 31.4 Å². The molecule has 2 aromatic carbocycles. The average Bonchev–Trinajstić information content (AvgIpc) is 3.48. The van der Waals surface area contributed by atoms with Crippen LogP contribution < -0.4 is 11.5 Å². The number of furan rings is 2. The highest BCUT2D eigenvalue weighted by Gasteiger charge is 2.39. The molecule has 0 bridgehead atoms. The molecule has 0 spiro atoms. The summed E-state index contributed by atoms with van der Waals surface area (Å²) in [5, 5.41) is -1.41. The summed E-state index contributed by atoms with van der Waals surface area (Å²) in [7, 11) is 0. The number of rotatable bonds is 6. The predicted octanol–water partition coefficient (Wildman–Crippen LogP) is 6.06. The molecule has 0 aliphatic heterocycles. The first-order chi connectivity index (χ1) is 19.4. The Bertz CT molecular complexity index is 1530. The lowest BCUT2D eigenvalue weighted by Gasteiger charge is -2.24. The first-order valence-electron chi connectivity index (χ1n) is 11.9. The van der Waals surface area contributed by atoms with Gasteiger partial charge in [0.25, 0.3) is 0 Å². The van der Waals surface area contributed by atoms with Gasteiger partial charge in [-0.3, -0.25) is 0 Å². The second kappa shape index (κ2) is 10.9. The Hall–Kier alpha value is -4.18. The van der Waals surface area contributed by atoms with E-state index in [1.165, 1.54) is 13.8 Å². The number of fused-ring (bicyclic) bond motifs is 2. The van der Waals surface area contributed by atoms with Crippen molar-refractivity contribution >= 4 is 33.9 Å². The molecule has 0 fully saturated rings. The molecule has 2 aromatic heterocycles. The number of carbonyl (C=O) groups is 2. The van der Waals surface area contributed by atoms with Crippen LogP contribution >= 0.6 is 0 Å². The smallest absolute Gasteiger partial charge is 0.420 e. The molecule has 226 valence electrons. The highest BCUT2D eigenvalue weighted by Crippen LogP contribution is 2.41. The van der Waals surface area contributed by atoms with Crippen LogP contribution in [0.25, 0.3) is 21.9 Å². The molecule has 0 aliphatic carbocycles. The van der Waals surface area contributed by atoms with Gasteiger partial charge in [-0.2, -0.15) is 26.3 Å². The van der Waals surface area contributed by atoms with Crippen molar-refractivity contribution in [3.05, 3.63) is 70.7 Å². The Morgan fingerprint density at radius 1 is 0.690 bits per heavy atom. The third kappa shape index (κ3) is 5.90. The zero-order valence-corrected chi connectivity index (χ0v) is 21.4. The molecule has 4 N–H and O–H groups in total. The number of halogens is 8. The molecule has 8 nitrogen and oxygen atoms in total. The van der Waals surface area contributed by atoms with Gasteiger partial charge in [-0.25, -0.2) is 18.4 Å². The lowest BCUT2D eigenvalue weighted by molar-refractivity contribution is -0.175. The number of alkyl halides is 6. The van der Waals surface area contributed by atoms with Crippen molar-refractivity contribution in [3.8, 4) is 0 Å². The summed E-state index contributed by atoms with van der Waals surface area (Å²) in [6, 6.07) is -0.00929. The fourth-order valence-electron chi connectivity index (χ4n) is 4.35. The van der Waals surface area contributed by atoms with Crippen molar-refractivity contribution in [3.63, 3.8) is 0 Å². The summed E-state index contributed by atoms with van der Waals surface area (Å²) in [4.78, 5) is 25.5. The Kier molecular flexibility index (Phi) is 7.99. The van der Waals surface area contributed by atoms with E-state index in [4.69, 9.17) is 29.8 Å². The van der Waals surface area contributed by atoms with E-state index < -0.39 is 104 Å². The Morgan fingerprint density at radius 3 is 1.31 bits per heavy atom. The average molecular weight is 608 g/mol. The Morgan fingerprint density at radius 2 is 1.02 bits per heavy atom. The van der Waals surface area contributed by atoms with Gasteiger partial charge in [0.05, 0.1) is 0 Å². The number of nitrogens with two attached hydrogens (primary N) is 2. The van der Waals surface area contributed by atoms with Crippen LogP contribution in [0.5, 0.6) is 0 Å². The van der Waals surface area contributed by atoms with E-state index in [2.05, 4.69) is 0 Å². The van der Waals surface area contributed by atoms with Gasteiger partial charge in [0.1, 0.15) is 58.7 Å². The molecule has 0 saturated carbocycles. The molecule has 0 saturated heterocycles. The van der Waals surface area contributed by atoms with Crippen LogP contribution in [0.4, 0.5) is 35.1 Å². The highest BCUT2D eigenvalue weighted by atomic mass is 19.4. The van der Waals surface area contributed by atoms with Crippen LogP contribution in [-0.4, -0.2) is 24.0 Å². The van der Waals surface area contributed by atoms with Gasteiger partial charge in [0, 0.05) is 34.0 Å². The van der Waals surface area contributed by atoms with Crippen LogP contribution in [0.1, 0.15) is 48.3 Å². The summed E-state index contributed by atoms with van der Waals surface area (Å²) in [6.45, 7) is 2.47. The summed E-state index contributed by atoms with van der Waals surface area (Å²) in [6.07, 6.45) is -12.7. The van der Waals surface area contributed by atoms with Gasteiger partial charge < -0.3 is 29.8 Å². The van der Waals surface area contributed by atoms with Crippen LogP contribution in [0.3, 0.4) is 0 Å². The van der Waals surface area contributed by atoms with E-state index in [-0.39, 0.29) is 0 Å².